The molecule has 2 N–H and O–H groups in total. The monoisotopic (exact) mass is 436 g/mol. The largest absolute Gasteiger partial charge is 0.378 e. The number of carbonyl (C=O) groups excluding carboxylic acids is 2. The lowest BCUT2D eigenvalue weighted by Gasteiger charge is -2.28. The molecule has 2 aromatic carbocycles. The fourth-order valence-electron chi connectivity index (χ4n) is 3.41. The molecule has 4 rings (SSSR count). The third kappa shape index (κ3) is 5.10. The summed E-state index contributed by atoms with van der Waals surface area (Å²) in [6, 6.07) is 15.4. The molecule has 2 amide bonds. The standard InChI is InChI=1S/C23H24N4O3S/c1-16(20-15-31-21-5-3-2-4-19(20)21)25-26-22(28)14-24-23(29)17-6-8-18(9-7-17)27-10-12-30-13-11-27/h2-9,15H,10-14H2,1H3,(H,24,29)(H,26,28). The molecule has 0 saturated carbocycles. The average molecular weight is 437 g/mol. The molecule has 0 bridgehead atoms. The highest BCUT2D eigenvalue weighted by Gasteiger charge is 2.13. The van der Waals surface area contributed by atoms with Crippen LogP contribution >= 0.6 is 11.3 Å². The lowest BCUT2D eigenvalue weighted by molar-refractivity contribution is -0.120. The fraction of sp³-hybridized carbons (Fsp3) is 0.261. The van der Waals surface area contributed by atoms with E-state index in [0.717, 1.165) is 35.4 Å². The number of anilines is 1. The average Bonchev–Trinajstić information content (AvgIpc) is 3.26. The molecule has 1 saturated heterocycles. The summed E-state index contributed by atoms with van der Waals surface area (Å²) in [6.07, 6.45) is 0. The van der Waals surface area contributed by atoms with Crippen molar-refractivity contribution in [1.82, 2.24) is 10.7 Å². The van der Waals surface area contributed by atoms with E-state index in [1.165, 1.54) is 4.70 Å². The predicted molar refractivity (Wildman–Crippen MR) is 124 cm³/mol. The summed E-state index contributed by atoms with van der Waals surface area (Å²) in [4.78, 5) is 26.7. The molecule has 31 heavy (non-hydrogen) atoms. The van der Waals surface area contributed by atoms with Crippen molar-refractivity contribution in [1.29, 1.82) is 0 Å². The first-order valence-corrected chi connectivity index (χ1v) is 11.0. The second-order valence-corrected chi connectivity index (χ2v) is 8.12. The number of nitrogens with zero attached hydrogens (tertiary/aromatic N) is 2. The van der Waals surface area contributed by atoms with Gasteiger partial charge in [-0.2, -0.15) is 5.10 Å². The number of hydrazone groups is 1. The quantitative estimate of drug-likeness (QED) is 0.460. The highest BCUT2D eigenvalue weighted by molar-refractivity contribution is 7.17. The van der Waals surface area contributed by atoms with Crippen LogP contribution in [0.25, 0.3) is 10.1 Å². The Kier molecular flexibility index (Phi) is 6.59. The maximum absolute atomic E-state index is 12.3. The molecule has 1 fully saturated rings. The number of carbonyl (C=O) groups is 2. The SMILES string of the molecule is CC(=NNC(=O)CNC(=O)c1ccc(N2CCOCC2)cc1)c1csc2ccccc12. The van der Waals surface area contributed by atoms with Crippen molar-refractivity contribution in [3.63, 3.8) is 0 Å². The van der Waals surface area contributed by atoms with Crippen LogP contribution in [0.1, 0.15) is 22.8 Å². The van der Waals surface area contributed by atoms with E-state index >= 15 is 0 Å². The Hall–Kier alpha value is -3.23. The number of rotatable bonds is 6. The van der Waals surface area contributed by atoms with Crippen LogP contribution in [0.2, 0.25) is 0 Å². The number of thiophene rings is 1. The number of ether oxygens (including phenoxy) is 1. The molecular formula is C23H24N4O3S. The van der Waals surface area contributed by atoms with Crippen LogP contribution in [0.15, 0.2) is 59.0 Å². The van der Waals surface area contributed by atoms with Gasteiger partial charge in [-0.1, -0.05) is 18.2 Å². The highest BCUT2D eigenvalue weighted by atomic mass is 32.1. The zero-order valence-corrected chi connectivity index (χ0v) is 18.1. The smallest absolute Gasteiger partial charge is 0.259 e. The van der Waals surface area contributed by atoms with E-state index in [9.17, 15) is 9.59 Å². The molecule has 2 heterocycles. The molecule has 1 aliphatic rings. The minimum absolute atomic E-state index is 0.148. The summed E-state index contributed by atoms with van der Waals surface area (Å²) in [5.41, 5.74) is 5.79. The second-order valence-electron chi connectivity index (χ2n) is 7.21. The minimum Gasteiger partial charge on any atom is -0.378 e. The normalized spacial score (nSPS) is 14.5. The first-order valence-electron chi connectivity index (χ1n) is 10.1. The van der Waals surface area contributed by atoms with Crippen LogP contribution in [0.4, 0.5) is 5.69 Å². The number of morpholine rings is 1. The van der Waals surface area contributed by atoms with Crippen molar-refractivity contribution in [2.45, 2.75) is 6.92 Å². The first-order chi connectivity index (χ1) is 15.1. The Balaban J connectivity index is 1.29. The van der Waals surface area contributed by atoms with Gasteiger partial charge in [-0.3, -0.25) is 9.59 Å². The van der Waals surface area contributed by atoms with Gasteiger partial charge in [0.2, 0.25) is 0 Å². The number of hydrogen-bond donors (Lipinski definition) is 2. The molecule has 3 aromatic rings. The van der Waals surface area contributed by atoms with Crippen LogP contribution in [0.5, 0.6) is 0 Å². The predicted octanol–water partition coefficient (Wildman–Crippen LogP) is 3.01. The van der Waals surface area contributed by atoms with Crippen LogP contribution < -0.4 is 15.6 Å². The third-order valence-corrected chi connectivity index (χ3v) is 6.10. The molecule has 8 heteroatoms. The van der Waals surface area contributed by atoms with Gasteiger partial charge in [0.05, 0.1) is 25.5 Å². The Morgan fingerprint density at radius 2 is 1.84 bits per heavy atom. The van der Waals surface area contributed by atoms with Gasteiger partial charge in [-0.05, 0) is 37.3 Å². The zero-order valence-electron chi connectivity index (χ0n) is 17.3. The Morgan fingerprint density at radius 3 is 2.61 bits per heavy atom. The van der Waals surface area contributed by atoms with Crippen molar-refractivity contribution < 1.29 is 14.3 Å². The van der Waals surface area contributed by atoms with E-state index in [1.807, 2.05) is 42.6 Å². The van der Waals surface area contributed by atoms with Gasteiger partial charge in [0.1, 0.15) is 0 Å². The summed E-state index contributed by atoms with van der Waals surface area (Å²) in [7, 11) is 0. The van der Waals surface area contributed by atoms with Gasteiger partial charge in [0.25, 0.3) is 11.8 Å². The summed E-state index contributed by atoms with van der Waals surface area (Å²) in [6.45, 7) is 4.80. The molecule has 0 atom stereocenters. The van der Waals surface area contributed by atoms with E-state index in [4.69, 9.17) is 4.74 Å². The second kappa shape index (κ2) is 9.72. The van der Waals surface area contributed by atoms with Crippen molar-refractivity contribution in [2.75, 3.05) is 37.7 Å². The van der Waals surface area contributed by atoms with Crippen LogP contribution in [-0.2, 0) is 9.53 Å². The summed E-state index contributed by atoms with van der Waals surface area (Å²) in [5, 5.41) is 9.96. The molecule has 160 valence electrons. The van der Waals surface area contributed by atoms with Crippen molar-refractivity contribution in [2.24, 2.45) is 5.10 Å². The van der Waals surface area contributed by atoms with Gasteiger partial charge < -0.3 is 15.0 Å². The van der Waals surface area contributed by atoms with Gasteiger partial charge in [0.15, 0.2) is 0 Å². The molecule has 0 spiro atoms. The molecule has 0 aliphatic carbocycles. The Labute approximate surface area is 184 Å². The molecule has 0 radical (unpaired) electrons. The lowest BCUT2D eigenvalue weighted by Crippen LogP contribution is -2.36. The van der Waals surface area contributed by atoms with Crippen LogP contribution in [-0.4, -0.2) is 50.4 Å². The van der Waals surface area contributed by atoms with Crippen LogP contribution in [0.3, 0.4) is 0 Å². The van der Waals surface area contributed by atoms with Crippen LogP contribution in [0, 0.1) is 0 Å². The topological polar surface area (TPSA) is 83.0 Å². The number of benzene rings is 2. The molecule has 1 aromatic heterocycles. The van der Waals surface area contributed by atoms with E-state index in [1.54, 1.807) is 23.5 Å². The van der Waals surface area contributed by atoms with Gasteiger partial charge in [0, 0.05) is 45.4 Å². The highest BCUT2D eigenvalue weighted by Crippen LogP contribution is 2.26. The van der Waals surface area contributed by atoms with Gasteiger partial charge in [-0.25, -0.2) is 5.43 Å². The van der Waals surface area contributed by atoms with Crippen molar-refractivity contribution in [3.8, 4) is 0 Å². The first kappa shape index (κ1) is 21.0. The Morgan fingerprint density at radius 1 is 1.10 bits per heavy atom. The van der Waals surface area contributed by atoms with Crippen molar-refractivity contribution in [3.05, 3.63) is 65.0 Å². The Bertz CT molecular complexity index is 1100. The molecule has 0 unspecified atom stereocenters. The summed E-state index contributed by atoms with van der Waals surface area (Å²) < 4.78 is 6.53. The van der Waals surface area contributed by atoms with Gasteiger partial charge in [-0.15, -0.1) is 11.3 Å². The molecule has 7 nitrogen and oxygen atoms in total. The third-order valence-electron chi connectivity index (χ3n) is 5.13. The maximum atomic E-state index is 12.3. The van der Waals surface area contributed by atoms with E-state index < -0.39 is 0 Å². The number of amides is 2. The van der Waals surface area contributed by atoms with Crippen molar-refractivity contribution >= 4 is 44.6 Å². The van der Waals surface area contributed by atoms with E-state index in [0.29, 0.717) is 18.8 Å². The van der Waals surface area contributed by atoms with Gasteiger partial charge >= 0.3 is 0 Å². The minimum atomic E-state index is -0.378. The van der Waals surface area contributed by atoms with E-state index in [-0.39, 0.29) is 18.4 Å². The number of fused-ring (bicyclic) bond motifs is 1. The lowest BCUT2D eigenvalue weighted by atomic mass is 10.1. The fourth-order valence-corrected chi connectivity index (χ4v) is 4.42. The zero-order chi connectivity index (χ0) is 21.6. The number of hydrogen-bond acceptors (Lipinski definition) is 6. The summed E-state index contributed by atoms with van der Waals surface area (Å²) in [5.74, 6) is -0.676. The number of nitrogens with one attached hydrogen (secondary N) is 2. The molecular weight excluding hydrogens is 412 g/mol. The molecule has 1 aliphatic heterocycles. The van der Waals surface area contributed by atoms with E-state index in [2.05, 4.69) is 26.8 Å². The summed E-state index contributed by atoms with van der Waals surface area (Å²) >= 11 is 1.64. The maximum Gasteiger partial charge on any atom is 0.259 e.